The van der Waals surface area contributed by atoms with Gasteiger partial charge < -0.3 is 21.1 Å². The van der Waals surface area contributed by atoms with Gasteiger partial charge in [-0.05, 0) is 78.8 Å². The summed E-state index contributed by atoms with van der Waals surface area (Å²) in [6.45, 7) is 6.47. The first-order chi connectivity index (χ1) is 14.7. The van der Waals surface area contributed by atoms with Crippen LogP contribution in [0.2, 0.25) is 0 Å². The number of carbonyl (C=O) groups is 1. The molecule has 1 aromatic rings. The molecule has 3 rings (SSSR count). The van der Waals surface area contributed by atoms with E-state index in [1.165, 1.54) is 4.31 Å². The molecule has 2 saturated heterocycles. The van der Waals surface area contributed by atoms with Gasteiger partial charge in [-0.1, -0.05) is 13.8 Å². The van der Waals surface area contributed by atoms with Crippen LogP contribution in [0.25, 0.3) is 0 Å². The van der Waals surface area contributed by atoms with E-state index in [0.717, 1.165) is 25.9 Å². The van der Waals surface area contributed by atoms with Crippen molar-refractivity contribution in [1.82, 2.24) is 14.9 Å². The summed E-state index contributed by atoms with van der Waals surface area (Å²) < 4.78 is 34.3. The zero-order valence-corrected chi connectivity index (χ0v) is 20.5. The van der Waals surface area contributed by atoms with Gasteiger partial charge in [-0.2, -0.15) is 4.31 Å². The zero-order chi connectivity index (χ0) is 22.6. The average molecular weight is 517 g/mol. The predicted molar refractivity (Wildman–Crippen MR) is 123 cm³/mol. The van der Waals surface area contributed by atoms with Gasteiger partial charge in [0, 0.05) is 19.1 Å². The van der Waals surface area contributed by atoms with E-state index in [4.69, 9.17) is 10.5 Å². The number of nitrogens with zero attached hydrogens (tertiary/aromatic N) is 1. The molecule has 2 atom stereocenters. The molecule has 2 aliphatic rings. The second-order valence-electron chi connectivity index (χ2n) is 8.75. The molecule has 0 spiro atoms. The fraction of sp³-hybridized carbons (Fsp3) is 0.667. The minimum atomic E-state index is -3.66. The third-order valence-electron chi connectivity index (χ3n) is 5.68. The van der Waals surface area contributed by atoms with Crippen molar-refractivity contribution in [2.24, 2.45) is 11.7 Å². The molecule has 4 N–H and O–H groups in total. The molecule has 0 aliphatic carbocycles. The molecule has 0 bridgehead atoms. The maximum Gasteiger partial charge on any atom is 0.243 e. The Morgan fingerprint density at radius 1 is 1.32 bits per heavy atom. The number of ether oxygens (including phenoxy) is 1. The topological polar surface area (TPSA) is 114 Å². The monoisotopic (exact) mass is 516 g/mol. The minimum absolute atomic E-state index is 0.130. The quantitative estimate of drug-likeness (QED) is 0.485. The van der Waals surface area contributed by atoms with Gasteiger partial charge in [-0.15, -0.1) is 0 Å². The molecule has 31 heavy (non-hydrogen) atoms. The Hall–Kier alpha value is -1.20. The van der Waals surface area contributed by atoms with Crippen molar-refractivity contribution >= 4 is 31.9 Å². The lowest BCUT2D eigenvalue weighted by atomic mass is 10.0. The van der Waals surface area contributed by atoms with Gasteiger partial charge in [-0.25, -0.2) is 8.42 Å². The summed E-state index contributed by atoms with van der Waals surface area (Å²) in [4.78, 5) is 12.5. The molecule has 2 aliphatic heterocycles. The smallest absolute Gasteiger partial charge is 0.243 e. The Balaban J connectivity index is 1.61. The summed E-state index contributed by atoms with van der Waals surface area (Å²) in [5.41, 5.74) is 5.94. The summed E-state index contributed by atoms with van der Waals surface area (Å²) >= 11 is 3.46. The molecule has 0 saturated carbocycles. The first-order valence-electron chi connectivity index (χ1n) is 10.9. The van der Waals surface area contributed by atoms with E-state index in [1.54, 1.807) is 18.2 Å². The number of hydrogen-bond donors (Lipinski definition) is 3. The van der Waals surface area contributed by atoms with Crippen molar-refractivity contribution in [2.45, 2.75) is 62.6 Å². The number of nitrogens with one attached hydrogen (secondary N) is 2. The normalized spacial score (nSPS) is 21.9. The van der Waals surface area contributed by atoms with Crippen LogP contribution >= 0.6 is 15.9 Å². The average Bonchev–Trinajstić information content (AvgIpc) is 3.19. The van der Waals surface area contributed by atoms with E-state index in [1.807, 2.05) is 13.8 Å². The molecule has 174 valence electrons. The van der Waals surface area contributed by atoms with Gasteiger partial charge in [0.05, 0.1) is 15.4 Å². The maximum atomic E-state index is 13.1. The minimum Gasteiger partial charge on any atom is -0.489 e. The third-order valence-corrected chi connectivity index (χ3v) is 8.16. The number of piperidine rings is 1. The summed E-state index contributed by atoms with van der Waals surface area (Å²) in [6.07, 6.45) is 3.14. The van der Waals surface area contributed by atoms with Crippen LogP contribution in [0, 0.1) is 5.92 Å². The van der Waals surface area contributed by atoms with E-state index in [0.29, 0.717) is 35.5 Å². The van der Waals surface area contributed by atoms with Crippen molar-refractivity contribution < 1.29 is 17.9 Å². The Kier molecular flexibility index (Phi) is 8.37. The molecular formula is C21H33BrN4O4S. The van der Waals surface area contributed by atoms with E-state index >= 15 is 0 Å². The van der Waals surface area contributed by atoms with Crippen LogP contribution < -0.4 is 21.1 Å². The summed E-state index contributed by atoms with van der Waals surface area (Å²) in [6, 6.07) is 4.08. The fourth-order valence-corrected chi connectivity index (χ4v) is 6.12. The molecule has 10 heteroatoms. The standard InChI is InChI=1S/C21H33BrN4O4S/c1-14(2)11-19(23)21(27)25-15-7-10-26(13-15)31(28,29)17-3-4-20(18(22)12-17)30-16-5-8-24-9-6-16/h3-4,12,14-16,19,24H,5-11,13,23H2,1-2H3,(H,25,27)/t15-,19-/m0/s1. The van der Waals surface area contributed by atoms with E-state index in [9.17, 15) is 13.2 Å². The second kappa shape index (κ2) is 10.6. The molecule has 0 radical (unpaired) electrons. The number of nitrogens with two attached hydrogens (primary N) is 1. The van der Waals surface area contributed by atoms with Gasteiger partial charge in [0.15, 0.2) is 0 Å². The van der Waals surface area contributed by atoms with E-state index in [2.05, 4.69) is 26.6 Å². The number of amides is 1. The Bertz CT molecular complexity index is 874. The van der Waals surface area contributed by atoms with Crippen molar-refractivity contribution in [3.63, 3.8) is 0 Å². The predicted octanol–water partition coefficient (Wildman–Crippen LogP) is 1.83. The maximum absolute atomic E-state index is 13.1. The SMILES string of the molecule is CC(C)C[C@H](N)C(=O)N[C@H]1CCN(S(=O)(=O)c2ccc(OC3CCNCC3)c(Br)c2)C1. The lowest BCUT2D eigenvalue weighted by Gasteiger charge is -2.24. The van der Waals surface area contributed by atoms with Crippen LogP contribution in [0.5, 0.6) is 5.75 Å². The Labute approximate surface area is 193 Å². The molecule has 1 aromatic carbocycles. The molecule has 0 unspecified atom stereocenters. The third kappa shape index (κ3) is 6.41. The highest BCUT2D eigenvalue weighted by atomic mass is 79.9. The van der Waals surface area contributed by atoms with Crippen molar-refractivity contribution in [3.05, 3.63) is 22.7 Å². The number of halogens is 1. The first kappa shape index (κ1) is 24.4. The number of hydrogen-bond acceptors (Lipinski definition) is 6. The van der Waals surface area contributed by atoms with Gasteiger partial charge in [-0.3, -0.25) is 4.79 Å². The Morgan fingerprint density at radius 3 is 2.68 bits per heavy atom. The molecular weight excluding hydrogens is 484 g/mol. The number of sulfonamides is 1. The fourth-order valence-electron chi connectivity index (χ4n) is 3.97. The second-order valence-corrected chi connectivity index (χ2v) is 11.5. The van der Waals surface area contributed by atoms with E-state index < -0.39 is 16.1 Å². The largest absolute Gasteiger partial charge is 0.489 e. The van der Waals surface area contributed by atoms with Crippen molar-refractivity contribution in [3.8, 4) is 5.75 Å². The lowest BCUT2D eigenvalue weighted by Crippen LogP contribution is -2.47. The number of rotatable bonds is 8. The Morgan fingerprint density at radius 2 is 2.03 bits per heavy atom. The van der Waals surface area contributed by atoms with Crippen molar-refractivity contribution in [2.75, 3.05) is 26.2 Å². The molecule has 8 nitrogen and oxygen atoms in total. The summed E-state index contributed by atoms with van der Waals surface area (Å²) in [5, 5.41) is 6.19. The lowest BCUT2D eigenvalue weighted by molar-refractivity contribution is -0.123. The highest BCUT2D eigenvalue weighted by Crippen LogP contribution is 2.31. The molecule has 2 heterocycles. The zero-order valence-electron chi connectivity index (χ0n) is 18.1. The number of benzene rings is 1. The van der Waals surface area contributed by atoms with Gasteiger partial charge >= 0.3 is 0 Å². The van der Waals surface area contributed by atoms with Crippen LogP contribution in [-0.2, 0) is 14.8 Å². The summed E-state index contributed by atoms with van der Waals surface area (Å²) in [7, 11) is -3.66. The van der Waals surface area contributed by atoms with Gasteiger partial charge in [0.1, 0.15) is 11.9 Å². The van der Waals surface area contributed by atoms with Crippen molar-refractivity contribution in [1.29, 1.82) is 0 Å². The van der Waals surface area contributed by atoms with Gasteiger partial charge in [0.25, 0.3) is 0 Å². The van der Waals surface area contributed by atoms with E-state index in [-0.39, 0.29) is 29.5 Å². The number of carbonyl (C=O) groups excluding carboxylic acids is 1. The summed E-state index contributed by atoms with van der Waals surface area (Å²) in [5.74, 6) is 0.748. The highest BCUT2D eigenvalue weighted by molar-refractivity contribution is 9.10. The first-order valence-corrected chi connectivity index (χ1v) is 13.1. The van der Waals surface area contributed by atoms with Crippen LogP contribution in [-0.4, -0.2) is 63.0 Å². The van der Waals surface area contributed by atoms with Crippen LogP contribution in [0.15, 0.2) is 27.6 Å². The van der Waals surface area contributed by atoms with Crippen LogP contribution in [0.1, 0.15) is 39.5 Å². The molecule has 2 fully saturated rings. The molecule has 1 amide bonds. The van der Waals surface area contributed by atoms with Crippen LogP contribution in [0.3, 0.4) is 0 Å². The molecule has 0 aromatic heterocycles. The van der Waals surface area contributed by atoms with Gasteiger partial charge in [0.2, 0.25) is 15.9 Å². The van der Waals surface area contributed by atoms with Crippen LogP contribution in [0.4, 0.5) is 0 Å². The highest BCUT2D eigenvalue weighted by Gasteiger charge is 2.34.